The van der Waals surface area contributed by atoms with E-state index < -0.39 is 0 Å². The highest BCUT2D eigenvalue weighted by Gasteiger charge is 2.09. The van der Waals surface area contributed by atoms with Crippen LogP contribution in [0, 0.1) is 0 Å². The third-order valence-electron chi connectivity index (χ3n) is 3.31. The molecule has 1 atom stereocenters. The summed E-state index contributed by atoms with van der Waals surface area (Å²) in [5.41, 5.74) is 1.10. The lowest BCUT2D eigenvalue weighted by Crippen LogP contribution is -2.35. The van der Waals surface area contributed by atoms with E-state index in [0.717, 1.165) is 22.3 Å². The molecule has 1 unspecified atom stereocenters. The fourth-order valence-electron chi connectivity index (χ4n) is 2.23. The fraction of sp³-hybridized carbons (Fsp3) is 0.375. The first kappa shape index (κ1) is 16.5. The molecule has 0 fully saturated rings. The standard InChI is InChI=1S/C16H20BrN3O2/c1-12(10-20-8-7-18-11-20)19-16(21)6-4-13-3-5-15(22-2)14(17)9-13/h3,5,7-9,11-12H,4,6,10H2,1-2H3,(H,19,21). The van der Waals surface area contributed by atoms with Crippen LogP contribution in [0.1, 0.15) is 18.9 Å². The molecule has 2 aromatic rings. The lowest BCUT2D eigenvalue weighted by Gasteiger charge is -2.14. The van der Waals surface area contributed by atoms with Crippen molar-refractivity contribution >= 4 is 21.8 Å². The number of hydrogen-bond acceptors (Lipinski definition) is 3. The molecule has 0 saturated heterocycles. The van der Waals surface area contributed by atoms with Gasteiger partial charge in [-0.2, -0.15) is 0 Å². The third kappa shape index (κ3) is 4.87. The minimum absolute atomic E-state index is 0.0551. The summed E-state index contributed by atoms with van der Waals surface area (Å²) in [6.07, 6.45) is 6.53. The first-order valence-corrected chi connectivity index (χ1v) is 7.95. The molecule has 0 aliphatic heterocycles. The molecule has 0 radical (unpaired) electrons. The van der Waals surface area contributed by atoms with Crippen LogP contribution in [0.15, 0.2) is 41.4 Å². The van der Waals surface area contributed by atoms with Gasteiger partial charge in [-0.15, -0.1) is 0 Å². The third-order valence-corrected chi connectivity index (χ3v) is 3.93. The molecule has 118 valence electrons. The Kier molecular flexibility index (Phi) is 6.00. The van der Waals surface area contributed by atoms with Crippen LogP contribution in [0.25, 0.3) is 0 Å². The maximum Gasteiger partial charge on any atom is 0.220 e. The Hall–Kier alpha value is -1.82. The topological polar surface area (TPSA) is 56.1 Å². The first-order chi connectivity index (χ1) is 10.6. The average Bonchev–Trinajstić information content (AvgIpc) is 2.98. The number of carbonyl (C=O) groups is 1. The highest BCUT2D eigenvalue weighted by atomic mass is 79.9. The number of rotatable bonds is 7. The number of benzene rings is 1. The van der Waals surface area contributed by atoms with Gasteiger partial charge in [0.25, 0.3) is 0 Å². The van der Waals surface area contributed by atoms with E-state index in [1.54, 1.807) is 19.6 Å². The zero-order chi connectivity index (χ0) is 15.9. The lowest BCUT2D eigenvalue weighted by atomic mass is 10.1. The maximum atomic E-state index is 12.0. The van der Waals surface area contributed by atoms with Crippen LogP contribution in [0.2, 0.25) is 0 Å². The predicted octanol–water partition coefficient (Wildman–Crippen LogP) is 2.79. The molecule has 2 rings (SSSR count). The number of amides is 1. The molecule has 1 aromatic carbocycles. The number of carbonyl (C=O) groups excluding carboxylic acids is 1. The van der Waals surface area contributed by atoms with Gasteiger partial charge in [0, 0.05) is 31.4 Å². The van der Waals surface area contributed by atoms with Crippen LogP contribution < -0.4 is 10.1 Å². The second-order valence-corrected chi connectivity index (χ2v) is 6.05. The van der Waals surface area contributed by atoms with Gasteiger partial charge in [-0.3, -0.25) is 4.79 Å². The summed E-state index contributed by atoms with van der Waals surface area (Å²) in [6, 6.07) is 5.94. The van der Waals surface area contributed by atoms with Gasteiger partial charge in [0.05, 0.1) is 17.9 Å². The van der Waals surface area contributed by atoms with E-state index >= 15 is 0 Å². The van der Waals surface area contributed by atoms with Gasteiger partial charge < -0.3 is 14.6 Å². The second kappa shape index (κ2) is 7.98. The van der Waals surface area contributed by atoms with Crippen molar-refractivity contribution < 1.29 is 9.53 Å². The quantitative estimate of drug-likeness (QED) is 0.820. The number of nitrogens with zero attached hydrogens (tertiary/aromatic N) is 2. The normalized spacial score (nSPS) is 12.0. The minimum Gasteiger partial charge on any atom is -0.496 e. The highest BCUT2D eigenvalue weighted by Crippen LogP contribution is 2.25. The number of aryl methyl sites for hydroxylation is 1. The van der Waals surface area contributed by atoms with Gasteiger partial charge in [-0.05, 0) is 47.0 Å². The zero-order valence-corrected chi connectivity index (χ0v) is 14.3. The number of ether oxygens (including phenoxy) is 1. The van der Waals surface area contributed by atoms with Crippen LogP contribution in [0.3, 0.4) is 0 Å². The Morgan fingerprint density at radius 2 is 2.32 bits per heavy atom. The largest absolute Gasteiger partial charge is 0.496 e. The molecular weight excluding hydrogens is 346 g/mol. The molecule has 0 aliphatic carbocycles. The van der Waals surface area contributed by atoms with Crippen molar-refractivity contribution in [3.05, 3.63) is 47.0 Å². The summed E-state index contributed by atoms with van der Waals surface area (Å²) in [5.74, 6) is 0.849. The second-order valence-electron chi connectivity index (χ2n) is 5.20. The van der Waals surface area contributed by atoms with E-state index in [2.05, 4.69) is 26.2 Å². The maximum absolute atomic E-state index is 12.0. The van der Waals surface area contributed by atoms with E-state index in [-0.39, 0.29) is 11.9 Å². The van der Waals surface area contributed by atoms with Crippen molar-refractivity contribution in [3.63, 3.8) is 0 Å². The van der Waals surface area contributed by atoms with Gasteiger partial charge in [0.2, 0.25) is 5.91 Å². The number of halogens is 1. The first-order valence-electron chi connectivity index (χ1n) is 7.16. The monoisotopic (exact) mass is 365 g/mol. The van der Waals surface area contributed by atoms with Crippen molar-refractivity contribution in [1.29, 1.82) is 0 Å². The van der Waals surface area contributed by atoms with Crippen molar-refractivity contribution in [2.24, 2.45) is 0 Å². The van der Waals surface area contributed by atoms with Gasteiger partial charge in [-0.25, -0.2) is 4.98 Å². The predicted molar refractivity (Wildman–Crippen MR) is 88.8 cm³/mol. The van der Waals surface area contributed by atoms with Crippen LogP contribution >= 0.6 is 15.9 Å². The summed E-state index contributed by atoms with van der Waals surface area (Å²) in [5, 5.41) is 3.00. The van der Waals surface area contributed by atoms with Crippen molar-refractivity contribution in [2.45, 2.75) is 32.4 Å². The summed E-state index contributed by atoms with van der Waals surface area (Å²) in [6.45, 7) is 2.71. The molecule has 1 amide bonds. The molecule has 0 saturated carbocycles. The van der Waals surface area contributed by atoms with E-state index in [9.17, 15) is 4.79 Å². The van der Waals surface area contributed by atoms with E-state index in [1.807, 2.05) is 35.9 Å². The average molecular weight is 366 g/mol. The van der Waals surface area contributed by atoms with Gasteiger partial charge in [0.15, 0.2) is 0 Å². The number of aromatic nitrogens is 2. The van der Waals surface area contributed by atoms with Crippen LogP contribution in [0.5, 0.6) is 5.75 Å². The van der Waals surface area contributed by atoms with E-state index in [1.165, 1.54) is 0 Å². The van der Waals surface area contributed by atoms with Gasteiger partial charge in [0.1, 0.15) is 5.75 Å². The van der Waals surface area contributed by atoms with Crippen molar-refractivity contribution in [2.75, 3.05) is 7.11 Å². The Bertz CT molecular complexity index is 614. The Labute approximate surface area is 138 Å². The molecule has 0 aliphatic rings. The summed E-state index contributed by atoms with van der Waals surface area (Å²) < 4.78 is 8.05. The van der Waals surface area contributed by atoms with Crippen LogP contribution in [-0.4, -0.2) is 28.6 Å². The van der Waals surface area contributed by atoms with Crippen LogP contribution in [0.4, 0.5) is 0 Å². The molecule has 6 heteroatoms. The summed E-state index contributed by atoms with van der Waals surface area (Å²) in [7, 11) is 1.63. The van der Waals surface area contributed by atoms with Crippen molar-refractivity contribution in [1.82, 2.24) is 14.9 Å². The minimum atomic E-state index is 0.0551. The zero-order valence-electron chi connectivity index (χ0n) is 12.8. The Balaban J connectivity index is 1.78. The molecular formula is C16H20BrN3O2. The van der Waals surface area contributed by atoms with E-state index in [4.69, 9.17) is 4.74 Å². The van der Waals surface area contributed by atoms with E-state index in [0.29, 0.717) is 12.8 Å². The van der Waals surface area contributed by atoms with Crippen LogP contribution in [-0.2, 0) is 17.8 Å². The molecule has 1 aromatic heterocycles. The van der Waals surface area contributed by atoms with Gasteiger partial charge in [-0.1, -0.05) is 6.07 Å². The van der Waals surface area contributed by atoms with Gasteiger partial charge >= 0.3 is 0 Å². The number of nitrogens with one attached hydrogen (secondary N) is 1. The molecule has 5 nitrogen and oxygen atoms in total. The van der Waals surface area contributed by atoms with Crippen molar-refractivity contribution in [3.8, 4) is 5.75 Å². The lowest BCUT2D eigenvalue weighted by molar-refractivity contribution is -0.121. The molecule has 22 heavy (non-hydrogen) atoms. The highest BCUT2D eigenvalue weighted by molar-refractivity contribution is 9.10. The molecule has 1 heterocycles. The SMILES string of the molecule is COc1ccc(CCC(=O)NC(C)Cn2ccnc2)cc1Br. The fourth-order valence-corrected chi connectivity index (χ4v) is 2.81. The summed E-state index contributed by atoms with van der Waals surface area (Å²) in [4.78, 5) is 16.0. The number of imidazole rings is 1. The number of methoxy groups -OCH3 is 1. The molecule has 1 N–H and O–H groups in total. The molecule has 0 bridgehead atoms. The number of hydrogen-bond donors (Lipinski definition) is 1. The molecule has 0 spiro atoms. The smallest absolute Gasteiger partial charge is 0.220 e. The Morgan fingerprint density at radius 1 is 1.50 bits per heavy atom. The Morgan fingerprint density at radius 3 is 2.95 bits per heavy atom. The summed E-state index contributed by atoms with van der Waals surface area (Å²) >= 11 is 3.45.